The van der Waals surface area contributed by atoms with Crippen molar-refractivity contribution in [3.8, 4) is 11.5 Å². The molecule has 0 saturated heterocycles. The van der Waals surface area contributed by atoms with Crippen LogP contribution in [0.25, 0.3) is 0 Å². The lowest BCUT2D eigenvalue weighted by Crippen LogP contribution is -2.43. The van der Waals surface area contributed by atoms with Crippen LogP contribution in [0.1, 0.15) is 66.6 Å². The highest BCUT2D eigenvalue weighted by Crippen LogP contribution is 2.39. The number of benzene rings is 2. The molecule has 0 aromatic heterocycles. The number of carbonyl (C=O) groups is 1. The fourth-order valence-corrected chi connectivity index (χ4v) is 4.83. The lowest BCUT2D eigenvalue weighted by atomic mass is 9.86. The van der Waals surface area contributed by atoms with E-state index in [9.17, 15) is 4.79 Å². The first kappa shape index (κ1) is 21.6. The first-order valence-corrected chi connectivity index (χ1v) is 13.4. The van der Waals surface area contributed by atoms with Gasteiger partial charge < -0.3 is 9.16 Å². The summed E-state index contributed by atoms with van der Waals surface area (Å²) in [7, 11) is -0.228. The second-order valence-corrected chi connectivity index (χ2v) is 14.4. The van der Waals surface area contributed by atoms with Crippen molar-refractivity contribution in [2.75, 3.05) is 7.11 Å². The van der Waals surface area contributed by atoms with E-state index in [0.717, 1.165) is 53.0 Å². The smallest absolute Gasteiger partial charge is 0.250 e. The van der Waals surface area contributed by atoms with Crippen molar-refractivity contribution in [2.24, 2.45) is 0 Å². The summed E-state index contributed by atoms with van der Waals surface area (Å²) in [6, 6.07) is 12.1. The zero-order valence-corrected chi connectivity index (χ0v) is 19.9. The van der Waals surface area contributed by atoms with Crippen molar-refractivity contribution < 1.29 is 14.0 Å². The molecule has 0 heterocycles. The maximum Gasteiger partial charge on any atom is 0.250 e. The number of fused-ring (bicyclic) bond motifs is 1. The van der Waals surface area contributed by atoms with Gasteiger partial charge in [0.25, 0.3) is 0 Å². The van der Waals surface area contributed by atoms with Crippen molar-refractivity contribution in [3.63, 3.8) is 0 Å². The molecule has 0 N–H and O–H groups in total. The van der Waals surface area contributed by atoms with Crippen molar-refractivity contribution in [3.05, 3.63) is 58.7 Å². The average molecular weight is 411 g/mol. The standard InChI is InChI=1S/C25H34O3Si/c1-17-15-19(27-5)11-13-21(17)23-10-8-9-18-16-20(12-14-22(18)24(23)26)28-29(6,7)25(2,3)4/h11-16,23H,8-10H2,1-7H3. The van der Waals surface area contributed by atoms with Gasteiger partial charge in [0, 0.05) is 11.5 Å². The Bertz CT molecular complexity index is 909. The van der Waals surface area contributed by atoms with Gasteiger partial charge in [0.1, 0.15) is 11.5 Å². The number of aryl methyl sites for hydroxylation is 2. The molecule has 0 spiro atoms. The van der Waals surface area contributed by atoms with E-state index >= 15 is 0 Å². The highest BCUT2D eigenvalue weighted by Gasteiger charge is 2.39. The van der Waals surface area contributed by atoms with Gasteiger partial charge in [-0.3, -0.25) is 4.79 Å². The Labute approximate surface area is 176 Å². The molecule has 1 unspecified atom stereocenters. The summed E-state index contributed by atoms with van der Waals surface area (Å²) < 4.78 is 11.8. The van der Waals surface area contributed by atoms with E-state index in [-0.39, 0.29) is 16.7 Å². The van der Waals surface area contributed by atoms with Gasteiger partial charge in [0.15, 0.2) is 5.78 Å². The summed E-state index contributed by atoms with van der Waals surface area (Å²) >= 11 is 0. The fourth-order valence-electron chi connectivity index (χ4n) is 3.81. The number of ketones is 1. The predicted molar refractivity (Wildman–Crippen MR) is 122 cm³/mol. The first-order chi connectivity index (χ1) is 13.5. The number of hydrogen-bond donors (Lipinski definition) is 0. The number of hydrogen-bond acceptors (Lipinski definition) is 3. The summed E-state index contributed by atoms with van der Waals surface area (Å²) in [5.41, 5.74) is 4.21. The van der Waals surface area contributed by atoms with Gasteiger partial charge in [-0.15, -0.1) is 0 Å². The molecule has 3 nitrogen and oxygen atoms in total. The quantitative estimate of drug-likeness (QED) is 0.416. The molecule has 0 radical (unpaired) electrons. The SMILES string of the molecule is COc1ccc(C2CCCc3cc(O[Si](C)(C)C(C)(C)C)ccc3C2=O)c(C)c1. The number of ether oxygens (including phenoxy) is 1. The summed E-state index contributed by atoms with van der Waals surface area (Å²) in [5, 5.41) is 0.145. The van der Waals surface area contributed by atoms with E-state index in [1.807, 2.05) is 24.3 Å². The Morgan fingerprint density at radius 2 is 1.72 bits per heavy atom. The molecular weight excluding hydrogens is 376 g/mol. The van der Waals surface area contributed by atoms with Gasteiger partial charge >= 0.3 is 0 Å². The Hall–Kier alpha value is -2.07. The third-order valence-corrected chi connectivity index (χ3v) is 11.0. The maximum absolute atomic E-state index is 13.4. The fraction of sp³-hybridized carbons (Fsp3) is 0.480. The molecule has 3 rings (SSSR count). The molecule has 0 bridgehead atoms. The van der Waals surface area contributed by atoms with Gasteiger partial charge in [-0.2, -0.15) is 0 Å². The highest BCUT2D eigenvalue weighted by molar-refractivity contribution is 6.74. The molecule has 1 aliphatic rings. The van der Waals surface area contributed by atoms with Gasteiger partial charge in [-0.25, -0.2) is 0 Å². The lowest BCUT2D eigenvalue weighted by molar-refractivity contribution is 0.0957. The van der Waals surface area contributed by atoms with Gasteiger partial charge in [0.2, 0.25) is 8.32 Å². The number of Topliss-reactive ketones (excluding diaryl/α,β-unsaturated/α-hetero) is 1. The van der Waals surface area contributed by atoms with Crippen LogP contribution < -0.4 is 9.16 Å². The molecule has 2 aromatic rings. The van der Waals surface area contributed by atoms with Crippen molar-refractivity contribution in [1.29, 1.82) is 0 Å². The molecule has 0 aliphatic heterocycles. The molecular formula is C25H34O3Si. The third kappa shape index (κ3) is 4.42. The summed E-state index contributed by atoms with van der Waals surface area (Å²) in [4.78, 5) is 13.4. The van der Waals surface area contributed by atoms with Crippen LogP contribution in [0.4, 0.5) is 0 Å². The minimum atomic E-state index is -1.90. The maximum atomic E-state index is 13.4. The molecule has 2 aromatic carbocycles. The van der Waals surface area contributed by atoms with Crippen molar-refractivity contribution in [1.82, 2.24) is 0 Å². The van der Waals surface area contributed by atoms with Gasteiger partial charge in [-0.05, 0) is 91.3 Å². The summed E-state index contributed by atoms with van der Waals surface area (Å²) in [6.07, 6.45) is 2.79. The zero-order valence-electron chi connectivity index (χ0n) is 18.9. The van der Waals surface area contributed by atoms with Crippen molar-refractivity contribution in [2.45, 2.75) is 71.0 Å². The Balaban J connectivity index is 1.91. The van der Waals surface area contributed by atoms with Gasteiger partial charge in [0.05, 0.1) is 7.11 Å². The van der Waals surface area contributed by atoms with Crippen LogP contribution in [0.5, 0.6) is 11.5 Å². The van der Waals surface area contributed by atoms with E-state index in [1.54, 1.807) is 7.11 Å². The normalized spacial score (nSPS) is 17.5. The largest absolute Gasteiger partial charge is 0.543 e. The monoisotopic (exact) mass is 410 g/mol. The third-order valence-electron chi connectivity index (χ3n) is 6.63. The zero-order chi connectivity index (χ0) is 21.4. The van der Waals surface area contributed by atoms with E-state index in [4.69, 9.17) is 9.16 Å². The molecule has 156 valence electrons. The van der Waals surface area contributed by atoms with Crippen molar-refractivity contribution >= 4 is 14.1 Å². The molecule has 1 aliphatic carbocycles. The Morgan fingerprint density at radius 3 is 2.34 bits per heavy atom. The minimum Gasteiger partial charge on any atom is -0.543 e. The van der Waals surface area contributed by atoms with Crippen LogP contribution >= 0.6 is 0 Å². The van der Waals surface area contributed by atoms with Gasteiger partial charge in [-0.1, -0.05) is 26.8 Å². The number of rotatable bonds is 4. The van der Waals surface area contributed by atoms with E-state index in [2.05, 4.69) is 52.9 Å². The van der Waals surface area contributed by atoms with Crippen LogP contribution in [-0.4, -0.2) is 21.2 Å². The highest BCUT2D eigenvalue weighted by atomic mass is 28.4. The summed E-state index contributed by atoms with van der Waals surface area (Å²) in [6.45, 7) is 13.3. The average Bonchev–Trinajstić information content (AvgIpc) is 2.79. The molecule has 0 saturated carbocycles. The molecule has 0 fully saturated rings. The Morgan fingerprint density at radius 1 is 1.03 bits per heavy atom. The molecule has 0 amide bonds. The number of carbonyl (C=O) groups excluding carboxylic acids is 1. The second-order valence-electron chi connectivity index (χ2n) is 9.71. The van der Waals surface area contributed by atoms with E-state index in [1.165, 1.54) is 0 Å². The molecule has 4 heteroatoms. The van der Waals surface area contributed by atoms with E-state index < -0.39 is 8.32 Å². The van der Waals surface area contributed by atoms with E-state index in [0.29, 0.717) is 0 Å². The van der Waals surface area contributed by atoms with Crippen LogP contribution in [-0.2, 0) is 6.42 Å². The van der Waals surface area contributed by atoms with Crippen LogP contribution in [0.2, 0.25) is 18.1 Å². The Kier molecular flexibility index (Phi) is 5.95. The predicted octanol–water partition coefficient (Wildman–Crippen LogP) is 6.69. The minimum absolute atomic E-state index is 0.0886. The van der Waals surface area contributed by atoms with Crippen LogP contribution in [0.15, 0.2) is 36.4 Å². The topological polar surface area (TPSA) is 35.5 Å². The molecule has 29 heavy (non-hydrogen) atoms. The lowest BCUT2D eigenvalue weighted by Gasteiger charge is -2.36. The van der Waals surface area contributed by atoms with Crippen LogP contribution in [0.3, 0.4) is 0 Å². The second kappa shape index (κ2) is 7.98. The molecule has 1 atom stereocenters. The first-order valence-electron chi connectivity index (χ1n) is 10.5. The van der Waals surface area contributed by atoms with Crippen LogP contribution in [0, 0.1) is 6.92 Å². The summed E-state index contributed by atoms with van der Waals surface area (Å²) in [5.74, 6) is 1.88. The number of methoxy groups -OCH3 is 1.